The smallest absolute Gasteiger partial charge is 0.311 e. The number of carboxylic acid groups (broad SMARTS) is 1. The molecule has 6 nitrogen and oxygen atoms in total. The Labute approximate surface area is 117 Å². The van der Waals surface area contributed by atoms with Crippen molar-refractivity contribution >= 4 is 17.7 Å². The minimum absolute atomic E-state index is 0.257. The highest BCUT2D eigenvalue weighted by Gasteiger charge is 2.45. The van der Waals surface area contributed by atoms with E-state index in [4.69, 9.17) is 5.73 Å². The van der Waals surface area contributed by atoms with Crippen LogP contribution in [0, 0.1) is 12.3 Å². The van der Waals surface area contributed by atoms with Gasteiger partial charge < -0.3 is 16.2 Å². The van der Waals surface area contributed by atoms with Crippen molar-refractivity contribution in [2.24, 2.45) is 11.1 Å². The van der Waals surface area contributed by atoms with E-state index in [1.165, 1.54) is 0 Å². The van der Waals surface area contributed by atoms with Crippen molar-refractivity contribution in [1.29, 1.82) is 0 Å². The van der Waals surface area contributed by atoms with Gasteiger partial charge in [-0.3, -0.25) is 9.59 Å². The van der Waals surface area contributed by atoms with Crippen molar-refractivity contribution in [2.75, 3.05) is 5.32 Å². The molecule has 1 aromatic rings. The zero-order valence-electron chi connectivity index (χ0n) is 11.6. The summed E-state index contributed by atoms with van der Waals surface area (Å²) in [6, 6.07) is 1.45. The van der Waals surface area contributed by atoms with Crippen LogP contribution >= 0.6 is 0 Å². The molecule has 20 heavy (non-hydrogen) atoms. The number of carbonyl (C=O) groups is 2. The molecule has 1 amide bonds. The molecule has 6 heteroatoms. The quantitative estimate of drug-likeness (QED) is 0.774. The van der Waals surface area contributed by atoms with Crippen molar-refractivity contribution in [2.45, 2.75) is 39.2 Å². The topological polar surface area (TPSA) is 105 Å². The summed E-state index contributed by atoms with van der Waals surface area (Å²) in [5, 5.41) is 12.5. The number of nitrogens with two attached hydrogens (primary N) is 1. The summed E-state index contributed by atoms with van der Waals surface area (Å²) in [4.78, 5) is 27.1. The molecule has 1 aliphatic carbocycles. The molecule has 2 rings (SSSR count). The number of pyridine rings is 1. The van der Waals surface area contributed by atoms with Gasteiger partial charge in [0.25, 0.3) is 5.91 Å². The molecule has 4 N–H and O–H groups in total. The lowest BCUT2D eigenvalue weighted by Crippen LogP contribution is -2.40. The Kier molecular flexibility index (Phi) is 3.65. The van der Waals surface area contributed by atoms with Gasteiger partial charge in [-0.05, 0) is 38.3 Å². The number of carboxylic acids is 1. The highest BCUT2D eigenvalue weighted by atomic mass is 16.4. The predicted octanol–water partition coefficient (Wildman–Crippen LogP) is 1.54. The molecule has 0 saturated heterocycles. The Morgan fingerprint density at radius 3 is 2.85 bits per heavy atom. The maximum atomic E-state index is 11.5. The van der Waals surface area contributed by atoms with Gasteiger partial charge in [0.05, 0.1) is 11.0 Å². The molecular formula is C14H19N3O3. The molecule has 1 aliphatic rings. The second kappa shape index (κ2) is 5.11. The van der Waals surface area contributed by atoms with Crippen LogP contribution in [0.15, 0.2) is 12.3 Å². The average molecular weight is 277 g/mol. The third-order valence-electron chi connectivity index (χ3n) is 4.16. The van der Waals surface area contributed by atoms with E-state index in [1.54, 1.807) is 26.1 Å². The highest BCUT2D eigenvalue weighted by Crippen LogP contribution is 2.40. The first-order valence-corrected chi connectivity index (χ1v) is 6.61. The van der Waals surface area contributed by atoms with Crippen LogP contribution in [-0.2, 0) is 4.79 Å². The molecule has 1 fully saturated rings. The van der Waals surface area contributed by atoms with Crippen molar-refractivity contribution in [3.8, 4) is 0 Å². The van der Waals surface area contributed by atoms with Gasteiger partial charge in [0, 0.05) is 12.2 Å². The number of hydrogen-bond acceptors (Lipinski definition) is 4. The third-order valence-corrected chi connectivity index (χ3v) is 4.16. The van der Waals surface area contributed by atoms with Gasteiger partial charge in [0.2, 0.25) is 0 Å². The van der Waals surface area contributed by atoms with Crippen molar-refractivity contribution < 1.29 is 14.7 Å². The van der Waals surface area contributed by atoms with E-state index >= 15 is 0 Å². The van der Waals surface area contributed by atoms with Crippen LogP contribution in [0.3, 0.4) is 0 Å². The van der Waals surface area contributed by atoms with Crippen LogP contribution in [0.1, 0.15) is 42.1 Å². The number of nitrogens with one attached hydrogen (secondary N) is 1. The van der Waals surface area contributed by atoms with Gasteiger partial charge >= 0.3 is 5.97 Å². The molecule has 0 spiro atoms. The second-order valence-electron chi connectivity index (χ2n) is 5.53. The van der Waals surface area contributed by atoms with Crippen molar-refractivity contribution in [1.82, 2.24) is 4.98 Å². The highest BCUT2D eigenvalue weighted by molar-refractivity contribution is 5.99. The number of aliphatic carboxylic acids is 1. The van der Waals surface area contributed by atoms with Gasteiger partial charge in [0.1, 0.15) is 5.82 Å². The van der Waals surface area contributed by atoms with Crippen LogP contribution in [0.4, 0.5) is 5.82 Å². The molecule has 2 unspecified atom stereocenters. The molecule has 2 atom stereocenters. The Morgan fingerprint density at radius 2 is 2.25 bits per heavy atom. The average Bonchev–Trinajstić information content (AvgIpc) is 2.72. The molecule has 0 radical (unpaired) electrons. The lowest BCUT2D eigenvalue weighted by molar-refractivity contribution is -0.147. The first-order chi connectivity index (χ1) is 9.36. The van der Waals surface area contributed by atoms with Crippen LogP contribution in [-0.4, -0.2) is 28.0 Å². The summed E-state index contributed by atoms with van der Waals surface area (Å²) in [7, 11) is 0. The number of primary amides is 1. The molecular weight excluding hydrogens is 258 g/mol. The van der Waals surface area contributed by atoms with E-state index in [-0.39, 0.29) is 6.04 Å². The monoisotopic (exact) mass is 277 g/mol. The van der Waals surface area contributed by atoms with Crippen LogP contribution in [0.2, 0.25) is 0 Å². The van der Waals surface area contributed by atoms with E-state index in [2.05, 4.69) is 10.3 Å². The predicted molar refractivity (Wildman–Crippen MR) is 74.5 cm³/mol. The fraction of sp³-hybridized carbons (Fsp3) is 0.500. The Bertz CT molecular complexity index is 559. The van der Waals surface area contributed by atoms with Gasteiger partial charge in [0.15, 0.2) is 0 Å². The number of hydrogen-bond donors (Lipinski definition) is 3. The largest absolute Gasteiger partial charge is 0.481 e. The second-order valence-corrected chi connectivity index (χ2v) is 5.53. The van der Waals surface area contributed by atoms with Gasteiger partial charge in [-0.25, -0.2) is 4.98 Å². The summed E-state index contributed by atoms with van der Waals surface area (Å²) in [5.74, 6) is -1.02. The maximum Gasteiger partial charge on any atom is 0.311 e. The first kappa shape index (κ1) is 14.3. The van der Waals surface area contributed by atoms with Crippen LogP contribution in [0.25, 0.3) is 0 Å². The fourth-order valence-electron chi connectivity index (χ4n) is 2.80. The molecule has 1 saturated carbocycles. The number of aryl methyl sites for hydroxylation is 1. The summed E-state index contributed by atoms with van der Waals surface area (Å²) >= 11 is 0. The number of amides is 1. The molecule has 1 aromatic heterocycles. The third kappa shape index (κ3) is 2.33. The van der Waals surface area contributed by atoms with E-state index in [9.17, 15) is 14.7 Å². The Morgan fingerprint density at radius 1 is 1.55 bits per heavy atom. The molecule has 1 heterocycles. The SMILES string of the molecule is Cc1ccnc(NC2CCCC2(C)C(=O)O)c1C(N)=O. The fourth-order valence-corrected chi connectivity index (χ4v) is 2.80. The summed E-state index contributed by atoms with van der Waals surface area (Å²) < 4.78 is 0. The lowest BCUT2D eigenvalue weighted by Gasteiger charge is -2.28. The van der Waals surface area contributed by atoms with E-state index in [0.717, 1.165) is 18.4 Å². The van der Waals surface area contributed by atoms with E-state index < -0.39 is 17.3 Å². The number of rotatable bonds is 4. The van der Waals surface area contributed by atoms with Gasteiger partial charge in [-0.15, -0.1) is 0 Å². The molecule has 0 aliphatic heterocycles. The zero-order chi connectivity index (χ0) is 14.9. The van der Waals surface area contributed by atoms with E-state index in [0.29, 0.717) is 17.8 Å². The Hall–Kier alpha value is -2.11. The van der Waals surface area contributed by atoms with Crippen molar-refractivity contribution in [3.63, 3.8) is 0 Å². The van der Waals surface area contributed by atoms with Crippen LogP contribution < -0.4 is 11.1 Å². The molecule has 0 bridgehead atoms. The van der Waals surface area contributed by atoms with E-state index in [1.807, 2.05) is 0 Å². The zero-order valence-corrected chi connectivity index (χ0v) is 11.6. The van der Waals surface area contributed by atoms with Gasteiger partial charge in [-0.1, -0.05) is 6.42 Å². The first-order valence-electron chi connectivity index (χ1n) is 6.61. The summed E-state index contributed by atoms with van der Waals surface area (Å²) in [5.41, 5.74) is 5.59. The van der Waals surface area contributed by atoms with Crippen LogP contribution in [0.5, 0.6) is 0 Å². The maximum absolute atomic E-state index is 11.5. The lowest BCUT2D eigenvalue weighted by atomic mass is 9.85. The Balaban J connectivity index is 2.33. The molecule has 0 aromatic carbocycles. The van der Waals surface area contributed by atoms with Crippen molar-refractivity contribution in [3.05, 3.63) is 23.4 Å². The number of nitrogens with zero attached hydrogens (tertiary/aromatic N) is 1. The standard InChI is InChI=1S/C14H19N3O3/c1-8-5-7-16-12(10(8)11(15)18)17-9-4-3-6-14(9,2)13(19)20/h5,7,9H,3-4,6H2,1-2H3,(H2,15,18)(H,16,17)(H,19,20). The summed E-state index contributed by atoms with van der Waals surface area (Å²) in [6.45, 7) is 3.50. The number of carbonyl (C=O) groups excluding carboxylic acids is 1. The minimum Gasteiger partial charge on any atom is -0.481 e. The number of anilines is 1. The summed E-state index contributed by atoms with van der Waals surface area (Å²) in [6.07, 6.45) is 3.75. The molecule has 108 valence electrons. The normalized spacial score (nSPS) is 25.4. The number of aromatic nitrogens is 1. The van der Waals surface area contributed by atoms with Gasteiger partial charge in [-0.2, -0.15) is 0 Å². The minimum atomic E-state index is -0.847.